The molecule has 1 aliphatic carbocycles. The minimum atomic E-state index is 0.430. The summed E-state index contributed by atoms with van der Waals surface area (Å²) in [5.41, 5.74) is 2.95. The van der Waals surface area contributed by atoms with E-state index in [9.17, 15) is 0 Å². The van der Waals surface area contributed by atoms with Gasteiger partial charge in [-0.2, -0.15) is 0 Å². The average molecular weight is 189 g/mol. The largest absolute Gasteiger partial charge is 0.372 e. The zero-order chi connectivity index (χ0) is 9.38. The van der Waals surface area contributed by atoms with E-state index in [4.69, 9.17) is 4.74 Å². The third kappa shape index (κ3) is 1.45. The number of hydrogen-bond acceptors (Lipinski definition) is 2. The van der Waals surface area contributed by atoms with Crippen molar-refractivity contribution in [3.05, 3.63) is 35.4 Å². The van der Waals surface area contributed by atoms with E-state index in [-0.39, 0.29) is 0 Å². The molecular weight excluding hydrogens is 174 g/mol. The van der Waals surface area contributed by atoms with Gasteiger partial charge in [-0.3, -0.25) is 0 Å². The molecule has 1 fully saturated rings. The molecule has 0 radical (unpaired) electrons. The summed E-state index contributed by atoms with van der Waals surface area (Å²) in [6.45, 7) is 2.07. The first-order valence-electron chi connectivity index (χ1n) is 5.35. The first-order chi connectivity index (χ1) is 6.92. The molecule has 1 aromatic carbocycles. The van der Waals surface area contributed by atoms with Crippen LogP contribution in [0.2, 0.25) is 0 Å². The standard InChI is InChI=1S/C12H15NO/c1-2-4-10-6-11(5-9(10)3-1)14-12-7-13-8-12/h1-4,11-13H,5-8H2. The van der Waals surface area contributed by atoms with Gasteiger partial charge in [0.05, 0.1) is 12.2 Å². The third-order valence-corrected chi connectivity index (χ3v) is 3.14. The van der Waals surface area contributed by atoms with E-state index >= 15 is 0 Å². The maximum absolute atomic E-state index is 5.97. The highest BCUT2D eigenvalue weighted by atomic mass is 16.5. The zero-order valence-corrected chi connectivity index (χ0v) is 8.20. The number of rotatable bonds is 2. The molecule has 3 rings (SSSR count). The molecular formula is C12H15NO. The van der Waals surface area contributed by atoms with Gasteiger partial charge in [0.15, 0.2) is 0 Å². The van der Waals surface area contributed by atoms with Crippen molar-refractivity contribution < 1.29 is 4.74 Å². The molecule has 0 saturated carbocycles. The number of hydrogen-bond donors (Lipinski definition) is 1. The lowest BCUT2D eigenvalue weighted by atomic mass is 10.1. The second-order valence-electron chi connectivity index (χ2n) is 4.22. The number of fused-ring (bicyclic) bond motifs is 1. The molecule has 0 aromatic heterocycles. The van der Waals surface area contributed by atoms with Gasteiger partial charge in [-0.15, -0.1) is 0 Å². The van der Waals surface area contributed by atoms with E-state index in [1.54, 1.807) is 0 Å². The molecule has 2 nitrogen and oxygen atoms in total. The molecule has 2 heteroatoms. The Kier molecular flexibility index (Phi) is 2.03. The SMILES string of the molecule is c1ccc2c(c1)CC(OC1CNC1)C2. The van der Waals surface area contributed by atoms with Crippen LogP contribution in [0.3, 0.4) is 0 Å². The van der Waals surface area contributed by atoms with Crippen LogP contribution in [0.1, 0.15) is 11.1 Å². The van der Waals surface area contributed by atoms with Crippen molar-refractivity contribution in [2.75, 3.05) is 13.1 Å². The van der Waals surface area contributed by atoms with Crippen LogP contribution in [0.25, 0.3) is 0 Å². The van der Waals surface area contributed by atoms with Crippen molar-refractivity contribution in [3.8, 4) is 0 Å². The second-order valence-corrected chi connectivity index (χ2v) is 4.22. The van der Waals surface area contributed by atoms with E-state index < -0.39 is 0 Å². The van der Waals surface area contributed by atoms with E-state index in [2.05, 4.69) is 29.6 Å². The summed E-state index contributed by atoms with van der Waals surface area (Å²) < 4.78 is 5.97. The van der Waals surface area contributed by atoms with Crippen LogP contribution in [0.5, 0.6) is 0 Å². The molecule has 2 aliphatic rings. The topological polar surface area (TPSA) is 21.3 Å². The van der Waals surface area contributed by atoms with Crippen LogP contribution in [0, 0.1) is 0 Å². The number of ether oxygens (including phenoxy) is 1. The highest BCUT2D eigenvalue weighted by Gasteiger charge is 2.26. The maximum atomic E-state index is 5.97. The van der Waals surface area contributed by atoms with Gasteiger partial charge in [-0.1, -0.05) is 24.3 Å². The van der Waals surface area contributed by atoms with Crippen molar-refractivity contribution in [2.45, 2.75) is 25.0 Å². The molecule has 14 heavy (non-hydrogen) atoms. The first-order valence-corrected chi connectivity index (χ1v) is 5.35. The summed E-state index contributed by atoms with van der Waals surface area (Å²) in [4.78, 5) is 0. The lowest BCUT2D eigenvalue weighted by Crippen LogP contribution is -2.50. The van der Waals surface area contributed by atoms with E-state index in [0.29, 0.717) is 12.2 Å². The summed E-state index contributed by atoms with van der Waals surface area (Å²) in [6, 6.07) is 8.67. The molecule has 0 bridgehead atoms. The highest BCUT2D eigenvalue weighted by Crippen LogP contribution is 2.24. The smallest absolute Gasteiger partial charge is 0.0827 e. The predicted molar refractivity (Wildman–Crippen MR) is 55.4 cm³/mol. The van der Waals surface area contributed by atoms with Crippen LogP contribution in [0.15, 0.2) is 24.3 Å². The first kappa shape index (κ1) is 8.45. The molecule has 1 aliphatic heterocycles. The minimum absolute atomic E-state index is 0.430. The Bertz CT molecular complexity index is 308. The normalized spacial score (nSPS) is 22.0. The minimum Gasteiger partial charge on any atom is -0.372 e. The Morgan fingerprint density at radius 2 is 1.64 bits per heavy atom. The van der Waals surface area contributed by atoms with Gasteiger partial charge in [0.1, 0.15) is 0 Å². The Hall–Kier alpha value is -0.860. The quantitative estimate of drug-likeness (QED) is 0.753. The summed E-state index contributed by atoms with van der Waals surface area (Å²) >= 11 is 0. The average Bonchev–Trinajstić information content (AvgIpc) is 2.53. The Morgan fingerprint density at radius 1 is 1.00 bits per heavy atom. The van der Waals surface area contributed by atoms with Crippen LogP contribution in [-0.2, 0) is 17.6 Å². The summed E-state index contributed by atoms with van der Waals surface area (Å²) in [5, 5.41) is 3.23. The van der Waals surface area contributed by atoms with Gasteiger partial charge < -0.3 is 10.1 Å². The molecule has 1 saturated heterocycles. The molecule has 1 N–H and O–H groups in total. The van der Waals surface area contributed by atoms with Gasteiger partial charge in [-0.25, -0.2) is 0 Å². The van der Waals surface area contributed by atoms with Gasteiger partial charge >= 0.3 is 0 Å². The van der Waals surface area contributed by atoms with Gasteiger partial charge in [0, 0.05) is 13.1 Å². The highest BCUT2D eigenvalue weighted by molar-refractivity contribution is 5.32. The van der Waals surface area contributed by atoms with Crippen LogP contribution in [0.4, 0.5) is 0 Å². The summed E-state index contributed by atoms with van der Waals surface area (Å²) in [7, 11) is 0. The monoisotopic (exact) mass is 189 g/mol. The van der Waals surface area contributed by atoms with Crippen LogP contribution < -0.4 is 5.32 Å². The fraction of sp³-hybridized carbons (Fsp3) is 0.500. The Labute approximate surface area is 84.3 Å². The molecule has 74 valence electrons. The van der Waals surface area contributed by atoms with Crippen molar-refractivity contribution in [3.63, 3.8) is 0 Å². The number of benzene rings is 1. The molecule has 1 aromatic rings. The van der Waals surface area contributed by atoms with Crippen LogP contribution >= 0.6 is 0 Å². The second kappa shape index (κ2) is 3.37. The predicted octanol–water partition coefficient (Wildman–Crippen LogP) is 1.14. The molecule has 0 atom stereocenters. The molecule has 0 spiro atoms. The van der Waals surface area contributed by atoms with E-state index in [1.807, 2.05) is 0 Å². The third-order valence-electron chi connectivity index (χ3n) is 3.14. The van der Waals surface area contributed by atoms with Gasteiger partial charge in [0.2, 0.25) is 0 Å². The maximum Gasteiger partial charge on any atom is 0.0827 e. The number of nitrogens with one attached hydrogen (secondary N) is 1. The van der Waals surface area contributed by atoms with Crippen molar-refractivity contribution >= 4 is 0 Å². The van der Waals surface area contributed by atoms with Crippen LogP contribution in [-0.4, -0.2) is 25.3 Å². The zero-order valence-electron chi connectivity index (χ0n) is 8.20. The van der Waals surface area contributed by atoms with E-state index in [0.717, 1.165) is 25.9 Å². The van der Waals surface area contributed by atoms with Gasteiger partial charge in [0.25, 0.3) is 0 Å². The summed E-state index contributed by atoms with van der Waals surface area (Å²) in [5.74, 6) is 0. The van der Waals surface area contributed by atoms with E-state index in [1.165, 1.54) is 11.1 Å². The molecule has 0 amide bonds. The Balaban J connectivity index is 1.66. The Morgan fingerprint density at radius 3 is 2.14 bits per heavy atom. The van der Waals surface area contributed by atoms with Crippen molar-refractivity contribution in [2.24, 2.45) is 0 Å². The summed E-state index contributed by atoms with van der Waals surface area (Å²) in [6.07, 6.45) is 3.10. The lowest BCUT2D eigenvalue weighted by molar-refractivity contribution is -0.0320. The molecule has 0 unspecified atom stereocenters. The van der Waals surface area contributed by atoms with Crippen molar-refractivity contribution in [1.82, 2.24) is 5.32 Å². The molecule has 1 heterocycles. The fourth-order valence-electron chi connectivity index (χ4n) is 2.25. The van der Waals surface area contributed by atoms with Gasteiger partial charge in [-0.05, 0) is 24.0 Å². The van der Waals surface area contributed by atoms with Crippen molar-refractivity contribution in [1.29, 1.82) is 0 Å². The lowest BCUT2D eigenvalue weighted by Gasteiger charge is -2.30. The fourth-order valence-corrected chi connectivity index (χ4v) is 2.25.